The summed E-state index contributed by atoms with van der Waals surface area (Å²) >= 11 is 3.52. The van der Waals surface area contributed by atoms with Crippen LogP contribution in [-0.4, -0.2) is 5.33 Å². The normalized spacial score (nSPS) is 10.9. The summed E-state index contributed by atoms with van der Waals surface area (Å²) in [6.07, 6.45) is 6.29. The number of halogens is 1. The maximum absolute atomic E-state index is 3.52. The Balaban J connectivity index is 1.58. The average Bonchev–Trinajstić information content (AvgIpc) is 2.86. The lowest BCUT2D eigenvalue weighted by atomic mass is 10.0. The maximum atomic E-state index is 3.52. The third kappa shape index (κ3) is 6.39. The van der Waals surface area contributed by atoms with Gasteiger partial charge in [0.05, 0.1) is 0 Å². The quantitative estimate of drug-likeness (QED) is 0.151. The largest absolute Gasteiger partial charge is 0.311 e. The van der Waals surface area contributed by atoms with Crippen molar-refractivity contribution in [1.82, 2.24) is 0 Å². The van der Waals surface area contributed by atoms with Crippen molar-refractivity contribution in [2.75, 3.05) is 10.2 Å². The van der Waals surface area contributed by atoms with Gasteiger partial charge in [-0.1, -0.05) is 101 Å². The first kappa shape index (κ1) is 24.3. The summed E-state index contributed by atoms with van der Waals surface area (Å²) in [5.41, 5.74) is 10.0. The highest BCUT2D eigenvalue weighted by Gasteiger charge is 2.13. The van der Waals surface area contributed by atoms with Crippen LogP contribution in [-0.2, 0) is 6.42 Å². The number of anilines is 3. The summed E-state index contributed by atoms with van der Waals surface area (Å²) in [6, 6.07) is 35.5. The molecular formula is C32H34BrN. The molecule has 4 rings (SSSR count). The monoisotopic (exact) mass is 511 g/mol. The van der Waals surface area contributed by atoms with E-state index in [9.17, 15) is 0 Å². The van der Waals surface area contributed by atoms with E-state index in [0.29, 0.717) is 0 Å². The highest BCUT2D eigenvalue weighted by molar-refractivity contribution is 9.09. The Morgan fingerprint density at radius 2 is 1.15 bits per heavy atom. The topological polar surface area (TPSA) is 3.24 Å². The summed E-state index contributed by atoms with van der Waals surface area (Å²) in [6.45, 7) is 4.28. The molecule has 1 nitrogen and oxygen atoms in total. The molecule has 0 radical (unpaired) electrons. The van der Waals surface area contributed by atoms with Gasteiger partial charge in [-0.25, -0.2) is 0 Å². The number of alkyl halides is 1. The number of benzene rings is 4. The van der Waals surface area contributed by atoms with Crippen molar-refractivity contribution < 1.29 is 0 Å². The molecule has 174 valence electrons. The fourth-order valence-corrected chi connectivity index (χ4v) is 4.75. The minimum atomic E-state index is 1.11. The van der Waals surface area contributed by atoms with Crippen LogP contribution in [0.15, 0.2) is 97.1 Å². The molecule has 0 heterocycles. The molecule has 0 fully saturated rings. The first-order valence-corrected chi connectivity index (χ1v) is 13.4. The third-order valence-electron chi connectivity index (χ3n) is 6.31. The number of hydrogen-bond donors (Lipinski definition) is 0. The van der Waals surface area contributed by atoms with Crippen LogP contribution < -0.4 is 4.90 Å². The first-order valence-electron chi connectivity index (χ1n) is 12.3. The van der Waals surface area contributed by atoms with Gasteiger partial charge in [0.1, 0.15) is 0 Å². The molecule has 0 spiro atoms. The van der Waals surface area contributed by atoms with Crippen LogP contribution in [0.4, 0.5) is 17.1 Å². The van der Waals surface area contributed by atoms with Crippen LogP contribution >= 0.6 is 15.9 Å². The summed E-state index contributed by atoms with van der Waals surface area (Å²) in [5.74, 6) is 0. The standard InChI is InChI=1S/C32H34BrN/c1-25-11-17-30(18-12-25)34(31-19-13-27(14-20-31)9-5-3-4-6-23-33)32-21-15-28(16-22-32)29-10-7-8-26(2)24-29/h7-8,10-22,24H,3-6,9,23H2,1-2H3. The van der Waals surface area contributed by atoms with Crippen LogP contribution in [0.2, 0.25) is 0 Å². The van der Waals surface area contributed by atoms with Crippen molar-refractivity contribution in [3.63, 3.8) is 0 Å². The number of aryl methyl sites for hydroxylation is 3. The van der Waals surface area contributed by atoms with Crippen molar-refractivity contribution in [3.8, 4) is 11.1 Å². The van der Waals surface area contributed by atoms with Crippen LogP contribution in [0.5, 0.6) is 0 Å². The zero-order chi connectivity index (χ0) is 23.8. The van der Waals surface area contributed by atoms with E-state index in [1.54, 1.807) is 0 Å². The molecule has 0 saturated heterocycles. The molecule has 0 amide bonds. The Labute approximate surface area is 213 Å². The van der Waals surface area contributed by atoms with Gasteiger partial charge in [0.15, 0.2) is 0 Å². The van der Waals surface area contributed by atoms with E-state index in [1.807, 2.05) is 0 Å². The van der Waals surface area contributed by atoms with Crippen LogP contribution in [0.3, 0.4) is 0 Å². The minimum absolute atomic E-state index is 1.11. The lowest BCUT2D eigenvalue weighted by Gasteiger charge is -2.26. The van der Waals surface area contributed by atoms with Crippen molar-refractivity contribution in [2.24, 2.45) is 0 Å². The summed E-state index contributed by atoms with van der Waals surface area (Å²) in [7, 11) is 0. The number of rotatable bonds is 10. The van der Waals surface area contributed by atoms with E-state index in [4.69, 9.17) is 0 Å². The second-order valence-electron chi connectivity index (χ2n) is 9.11. The van der Waals surface area contributed by atoms with E-state index in [-0.39, 0.29) is 0 Å². The average molecular weight is 513 g/mol. The van der Waals surface area contributed by atoms with Gasteiger partial charge in [-0.05, 0) is 86.2 Å². The number of unbranched alkanes of at least 4 members (excludes halogenated alkanes) is 3. The van der Waals surface area contributed by atoms with Crippen LogP contribution in [0, 0.1) is 13.8 Å². The molecule has 0 aliphatic carbocycles. The second kappa shape index (κ2) is 12.0. The lowest BCUT2D eigenvalue weighted by Crippen LogP contribution is -2.10. The van der Waals surface area contributed by atoms with Gasteiger partial charge in [0.2, 0.25) is 0 Å². The van der Waals surface area contributed by atoms with E-state index in [1.165, 1.54) is 70.6 Å². The van der Waals surface area contributed by atoms with Crippen molar-refractivity contribution in [1.29, 1.82) is 0 Å². The Kier molecular flexibility index (Phi) is 8.60. The Morgan fingerprint density at radius 1 is 0.559 bits per heavy atom. The van der Waals surface area contributed by atoms with E-state index in [2.05, 4.69) is 132 Å². The highest BCUT2D eigenvalue weighted by Crippen LogP contribution is 2.36. The van der Waals surface area contributed by atoms with Crippen molar-refractivity contribution in [3.05, 3.63) is 114 Å². The third-order valence-corrected chi connectivity index (χ3v) is 6.87. The van der Waals surface area contributed by atoms with Gasteiger partial charge in [-0.2, -0.15) is 0 Å². The molecule has 2 heteroatoms. The molecule has 0 aromatic heterocycles. The second-order valence-corrected chi connectivity index (χ2v) is 9.90. The van der Waals surface area contributed by atoms with Gasteiger partial charge in [0, 0.05) is 22.4 Å². The molecule has 0 saturated carbocycles. The zero-order valence-electron chi connectivity index (χ0n) is 20.3. The summed E-state index contributed by atoms with van der Waals surface area (Å²) in [4.78, 5) is 2.35. The molecule has 0 bridgehead atoms. The van der Waals surface area contributed by atoms with Gasteiger partial charge in [-0.3, -0.25) is 0 Å². The lowest BCUT2D eigenvalue weighted by molar-refractivity contribution is 0.671. The van der Waals surface area contributed by atoms with Crippen LogP contribution in [0.25, 0.3) is 11.1 Å². The molecule has 0 atom stereocenters. The van der Waals surface area contributed by atoms with E-state index in [0.717, 1.165) is 11.8 Å². The molecule has 4 aromatic carbocycles. The fourth-order valence-electron chi connectivity index (χ4n) is 4.36. The van der Waals surface area contributed by atoms with Gasteiger partial charge in [0.25, 0.3) is 0 Å². The molecule has 0 unspecified atom stereocenters. The molecule has 0 aliphatic rings. The minimum Gasteiger partial charge on any atom is -0.311 e. The van der Waals surface area contributed by atoms with Crippen LogP contribution in [0.1, 0.15) is 42.4 Å². The molecule has 4 aromatic rings. The molecule has 0 aliphatic heterocycles. The number of hydrogen-bond acceptors (Lipinski definition) is 1. The highest BCUT2D eigenvalue weighted by atomic mass is 79.9. The molecule has 0 N–H and O–H groups in total. The SMILES string of the molecule is Cc1ccc(N(c2ccc(CCCCCCBr)cc2)c2ccc(-c3cccc(C)c3)cc2)cc1. The Bertz CT molecular complexity index is 1160. The zero-order valence-corrected chi connectivity index (χ0v) is 21.9. The predicted octanol–water partition coefficient (Wildman–Crippen LogP) is 9.94. The Morgan fingerprint density at radius 3 is 1.76 bits per heavy atom. The predicted molar refractivity (Wildman–Crippen MR) is 152 cm³/mol. The fraction of sp³-hybridized carbons (Fsp3) is 0.250. The Hall–Kier alpha value is -2.84. The van der Waals surface area contributed by atoms with Gasteiger partial charge >= 0.3 is 0 Å². The summed E-state index contributed by atoms with van der Waals surface area (Å²) < 4.78 is 0. The first-order chi connectivity index (χ1) is 16.6. The number of nitrogens with zero attached hydrogens (tertiary/aromatic N) is 1. The summed E-state index contributed by atoms with van der Waals surface area (Å²) in [5, 5.41) is 1.11. The van der Waals surface area contributed by atoms with E-state index >= 15 is 0 Å². The van der Waals surface area contributed by atoms with E-state index < -0.39 is 0 Å². The van der Waals surface area contributed by atoms with Gasteiger partial charge < -0.3 is 4.90 Å². The smallest absolute Gasteiger partial charge is 0.0462 e. The van der Waals surface area contributed by atoms with Gasteiger partial charge in [-0.15, -0.1) is 0 Å². The molecule has 34 heavy (non-hydrogen) atoms. The van der Waals surface area contributed by atoms with Crippen molar-refractivity contribution >= 4 is 33.0 Å². The maximum Gasteiger partial charge on any atom is 0.0462 e. The van der Waals surface area contributed by atoms with Crippen molar-refractivity contribution in [2.45, 2.75) is 46.0 Å². The molecular weight excluding hydrogens is 478 g/mol.